The Bertz CT molecular complexity index is 814. The van der Waals surface area contributed by atoms with Crippen molar-refractivity contribution in [1.82, 2.24) is 9.78 Å². The summed E-state index contributed by atoms with van der Waals surface area (Å²) in [5.41, 5.74) is 3.33. The van der Waals surface area contributed by atoms with Gasteiger partial charge in [-0.15, -0.1) is 0 Å². The molecule has 0 aliphatic carbocycles. The molecule has 2 aromatic rings. The molecule has 7 heteroatoms. The van der Waals surface area contributed by atoms with E-state index in [0.717, 1.165) is 25.1 Å². The summed E-state index contributed by atoms with van der Waals surface area (Å²) >= 11 is 0. The molecule has 0 radical (unpaired) electrons. The molecule has 0 saturated carbocycles. The van der Waals surface area contributed by atoms with Crippen molar-refractivity contribution < 1.29 is 14.3 Å². The van der Waals surface area contributed by atoms with E-state index in [0.29, 0.717) is 22.6 Å². The second-order valence-corrected chi connectivity index (χ2v) is 6.53. The largest absolute Gasteiger partial charge is 0.449 e. The number of aromatic nitrogens is 2. The lowest BCUT2D eigenvalue weighted by atomic mass is 10.1. The van der Waals surface area contributed by atoms with E-state index in [4.69, 9.17) is 4.74 Å². The Morgan fingerprint density at radius 2 is 1.96 bits per heavy atom. The predicted octanol–water partition coefficient (Wildman–Crippen LogP) is 3.43. The number of nitrogens with one attached hydrogen (secondary N) is 2. The zero-order chi connectivity index (χ0) is 20.0. The van der Waals surface area contributed by atoms with Gasteiger partial charge in [-0.25, -0.2) is 4.79 Å². The number of carbonyl (C=O) groups is 2. The van der Waals surface area contributed by atoms with Crippen LogP contribution in [0.5, 0.6) is 0 Å². The average Bonchev–Trinajstić information content (AvgIpc) is 2.88. The van der Waals surface area contributed by atoms with Crippen molar-refractivity contribution in [1.29, 1.82) is 0 Å². The standard InChI is InChI=1S/C20H28N4O3/c1-6-7-12-21-17-11-9-8-10-16(17)20(26)27-15(4)19(25)22-18-13(2)23-24(5)14(18)3/h8-11,15,21H,6-7,12H2,1-5H3,(H,22,25)/t15-/m0/s1. The van der Waals surface area contributed by atoms with Gasteiger partial charge in [0.1, 0.15) is 0 Å². The monoisotopic (exact) mass is 372 g/mol. The van der Waals surface area contributed by atoms with Crippen LogP contribution in [0.4, 0.5) is 11.4 Å². The van der Waals surface area contributed by atoms with E-state index in [-0.39, 0.29) is 5.91 Å². The van der Waals surface area contributed by atoms with E-state index in [2.05, 4.69) is 22.7 Å². The number of hydrogen-bond donors (Lipinski definition) is 2. The fraction of sp³-hybridized carbons (Fsp3) is 0.450. The molecule has 1 heterocycles. The normalized spacial score (nSPS) is 11.7. The smallest absolute Gasteiger partial charge is 0.341 e. The first-order valence-electron chi connectivity index (χ1n) is 9.20. The fourth-order valence-electron chi connectivity index (χ4n) is 2.67. The van der Waals surface area contributed by atoms with E-state index in [1.807, 2.05) is 33.0 Å². The van der Waals surface area contributed by atoms with Crippen molar-refractivity contribution in [3.8, 4) is 0 Å². The number of aryl methyl sites for hydroxylation is 2. The third kappa shape index (κ3) is 5.09. The maximum atomic E-state index is 12.5. The van der Waals surface area contributed by atoms with Crippen LogP contribution < -0.4 is 10.6 Å². The summed E-state index contributed by atoms with van der Waals surface area (Å²) in [4.78, 5) is 25.0. The maximum absolute atomic E-state index is 12.5. The molecule has 1 amide bonds. The van der Waals surface area contributed by atoms with Crippen LogP contribution in [0.15, 0.2) is 24.3 Å². The predicted molar refractivity (Wildman–Crippen MR) is 106 cm³/mol. The molecule has 0 unspecified atom stereocenters. The molecule has 1 aromatic carbocycles. The van der Waals surface area contributed by atoms with Crippen LogP contribution in [0.1, 0.15) is 48.4 Å². The lowest BCUT2D eigenvalue weighted by Gasteiger charge is -2.16. The quantitative estimate of drug-likeness (QED) is 0.548. The molecular weight excluding hydrogens is 344 g/mol. The van der Waals surface area contributed by atoms with E-state index >= 15 is 0 Å². The molecule has 0 fully saturated rings. The zero-order valence-electron chi connectivity index (χ0n) is 16.6. The van der Waals surface area contributed by atoms with E-state index in [9.17, 15) is 9.59 Å². The maximum Gasteiger partial charge on any atom is 0.341 e. The Morgan fingerprint density at radius 1 is 1.26 bits per heavy atom. The van der Waals surface area contributed by atoms with Gasteiger partial charge in [-0.05, 0) is 39.3 Å². The summed E-state index contributed by atoms with van der Waals surface area (Å²) in [7, 11) is 1.81. The van der Waals surface area contributed by atoms with Gasteiger partial charge in [0, 0.05) is 19.3 Å². The molecule has 0 bridgehead atoms. The number of rotatable bonds is 8. The number of hydrogen-bond acceptors (Lipinski definition) is 5. The topological polar surface area (TPSA) is 85.2 Å². The number of ether oxygens (including phenoxy) is 1. The Balaban J connectivity index is 2.03. The molecule has 1 atom stereocenters. The van der Waals surface area contributed by atoms with Crippen LogP contribution >= 0.6 is 0 Å². The Morgan fingerprint density at radius 3 is 2.59 bits per heavy atom. The van der Waals surface area contributed by atoms with E-state index in [1.54, 1.807) is 23.7 Å². The van der Waals surface area contributed by atoms with Crippen LogP contribution in [0.25, 0.3) is 0 Å². The summed E-state index contributed by atoms with van der Waals surface area (Å²) in [6, 6.07) is 7.15. The van der Waals surface area contributed by atoms with Crippen molar-refractivity contribution >= 4 is 23.3 Å². The number of nitrogens with zero attached hydrogens (tertiary/aromatic N) is 2. The molecule has 0 saturated heterocycles. The van der Waals surface area contributed by atoms with Crippen LogP contribution in [0.3, 0.4) is 0 Å². The first kappa shape index (κ1) is 20.5. The summed E-state index contributed by atoms with van der Waals surface area (Å²) in [6.45, 7) is 8.12. The van der Waals surface area contributed by atoms with Crippen LogP contribution in [-0.2, 0) is 16.6 Å². The molecule has 0 spiro atoms. The van der Waals surface area contributed by atoms with E-state index < -0.39 is 12.1 Å². The molecule has 2 rings (SSSR count). The Labute approximate surface area is 160 Å². The number of para-hydroxylation sites is 1. The van der Waals surface area contributed by atoms with Gasteiger partial charge in [0.25, 0.3) is 5.91 Å². The molecule has 146 valence electrons. The molecular formula is C20H28N4O3. The minimum absolute atomic E-state index is 0.390. The number of benzene rings is 1. The van der Waals surface area contributed by atoms with Crippen molar-refractivity contribution in [2.45, 2.75) is 46.6 Å². The van der Waals surface area contributed by atoms with E-state index in [1.165, 1.54) is 0 Å². The summed E-state index contributed by atoms with van der Waals surface area (Å²) < 4.78 is 7.08. The molecule has 27 heavy (non-hydrogen) atoms. The van der Waals surface area contributed by atoms with Crippen molar-refractivity contribution in [2.24, 2.45) is 7.05 Å². The number of carbonyl (C=O) groups excluding carboxylic acids is 2. The summed E-state index contributed by atoms with van der Waals surface area (Å²) in [5, 5.41) is 10.3. The van der Waals surface area contributed by atoms with Gasteiger partial charge in [-0.2, -0.15) is 5.10 Å². The number of anilines is 2. The van der Waals surface area contributed by atoms with Gasteiger partial charge < -0.3 is 15.4 Å². The number of amides is 1. The summed E-state index contributed by atoms with van der Waals surface area (Å²) in [5.74, 6) is -0.921. The molecule has 1 aromatic heterocycles. The van der Waals surface area contributed by atoms with Crippen LogP contribution in [0.2, 0.25) is 0 Å². The molecule has 0 aliphatic rings. The fourth-order valence-corrected chi connectivity index (χ4v) is 2.67. The lowest BCUT2D eigenvalue weighted by molar-refractivity contribution is -0.123. The Kier molecular flexibility index (Phi) is 6.98. The zero-order valence-corrected chi connectivity index (χ0v) is 16.6. The second kappa shape index (κ2) is 9.21. The minimum atomic E-state index is -0.930. The second-order valence-electron chi connectivity index (χ2n) is 6.53. The van der Waals surface area contributed by atoms with Gasteiger partial charge in [0.15, 0.2) is 6.10 Å². The molecule has 7 nitrogen and oxygen atoms in total. The summed E-state index contributed by atoms with van der Waals surface area (Å²) in [6.07, 6.45) is 1.14. The van der Waals surface area contributed by atoms with Crippen molar-refractivity contribution in [3.63, 3.8) is 0 Å². The molecule has 2 N–H and O–H groups in total. The minimum Gasteiger partial charge on any atom is -0.449 e. The highest BCUT2D eigenvalue weighted by Crippen LogP contribution is 2.20. The highest BCUT2D eigenvalue weighted by Gasteiger charge is 2.22. The van der Waals surface area contributed by atoms with Gasteiger partial charge >= 0.3 is 5.97 Å². The Hall–Kier alpha value is -2.83. The average molecular weight is 372 g/mol. The number of esters is 1. The molecule has 0 aliphatic heterocycles. The van der Waals surface area contributed by atoms with Crippen molar-refractivity contribution in [3.05, 3.63) is 41.2 Å². The van der Waals surface area contributed by atoms with Gasteiger partial charge in [-0.3, -0.25) is 9.48 Å². The van der Waals surface area contributed by atoms with Gasteiger partial charge in [-0.1, -0.05) is 25.5 Å². The highest BCUT2D eigenvalue weighted by atomic mass is 16.5. The highest BCUT2D eigenvalue weighted by molar-refractivity contribution is 6.00. The third-order valence-electron chi connectivity index (χ3n) is 4.40. The van der Waals surface area contributed by atoms with Gasteiger partial charge in [0.05, 0.1) is 22.6 Å². The van der Waals surface area contributed by atoms with Crippen LogP contribution in [-0.4, -0.2) is 34.3 Å². The van der Waals surface area contributed by atoms with Crippen LogP contribution in [0, 0.1) is 13.8 Å². The lowest BCUT2D eigenvalue weighted by Crippen LogP contribution is -2.30. The first-order valence-corrected chi connectivity index (χ1v) is 9.20. The number of unbranched alkanes of at least 4 members (excludes halogenated alkanes) is 1. The van der Waals surface area contributed by atoms with Crippen molar-refractivity contribution in [2.75, 3.05) is 17.2 Å². The van der Waals surface area contributed by atoms with Gasteiger partial charge in [0.2, 0.25) is 0 Å². The third-order valence-corrected chi connectivity index (χ3v) is 4.40. The first-order chi connectivity index (χ1) is 12.8. The SMILES string of the molecule is CCCCNc1ccccc1C(=O)O[C@@H](C)C(=O)Nc1c(C)nn(C)c1C.